The van der Waals surface area contributed by atoms with Crippen LogP contribution in [0.3, 0.4) is 0 Å². The number of nitrogens with one attached hydrogen (secondary N) is 2. The first-order valence-corrected chi connectivity index (χ1v) is 9.45. The van der Waals surface area contributed by atoms with Crippen LogP contribution < -0.4 is 10.6 Å². The van der Waals surface area contributed by atoms with Gasteiger partial charge in [-0.25, -0.2) is 0 Å². The van der Waals surface area contributed by atoms with Gasteiger partial charge in [0, 0.05) is 25.7 Å². The average molecular weight is 486 g/mol. The molecule has 0 saturated heterocycles. The Kier molecular flexibility index (Phi) is 9.76. The third-order valence-electron chi connectivity index (χ3n) is 4.65. The second-order valence-electron chi connectivity index (χ2n) is 6.95. The number of imide groups is 1. The smallest absolute Gasteiger partial charge is 0.261 e. The van der Waals surface area contributed by atoms with Gasteiger partial charge in [-0.2, -0.15) is 0 Å². The molecule has 0 aromatic heterocycles. The summed E-state index contributed by atoms with van der Waals surface area (Å²) in [4.78, 5) is 30.5. The van der Waals surface area contributed by atoms with Crippen LogP contribution in [0.25, 0.3) is 0 Å². The number of carbonyl (C=O) groups excluding carboxylic acids is 2. The zero-order valence-electron chi connectivity index (χ0n) is 16.6. The van der Waals surface area contributed by atoms with E-state index in [1.807, 2.05) is 6.92 Å². The first kappa shape index (κ1) is 23.4. The molecule has 0 radical (unpaired) electrons. The second kappa shape index (κ2) is 11.3. The molecule has 2 rings (SSSR count). The predicted octanol–water partition coefficient (Wildman–Crippen LogP) is 3.28. The van der Waals surface area contributed by atoms with Crippen molar-refractivity contribution in [3.05, 3.63) is 35.4 Å². The van der Waals surface area contributed by atoms with Crippen LogP contribution in [0.2, 0.25) is 0 Å². The minimum atomic E-state index is -0.185. The van der Waals surface area contributed by atoms with Gasteiger partial charge < -0.3 is 10.6 Å². The molecule has 0 spiro atoms. The van der Waals surface area contributed by atoms with Gasteiger partial charge in [0.1, 0.15) is 0 Å². The van der Waals surface area contributed by atoms with Crippen molar-refractivity contribution in [1.82, 2.24) is 15.5 Å². The maximum Gasteiger partial charge on any atom is 0.261 e. The number of hydrogen-bond donors (Lipinski definition) is 2. The number of halogens is 1. The summed E-state index contributed by atoms with van der Waals surface area (Å²) in [6.07, 6.45) is 1.56. The quantitative estimate of drug-likeness (QED) is 0.195. The van der Waals surface area contributed by atoms with E-state index in [0.717, 1.165) is 25.3 Å². The van der Waals surface area contributed by atoms with E-state index in [-0.39, 0.29) is 35.8 Å². The van der Waals surface area contributed by atoms with Crippen LogP contribution in [0.5, 0.6) is 0 Å². The Hall–Kier alpha value is -1.64. The third kappa shape index (κ3) is 6.19. The molecule has 7 heteroatoms. The van der Waals surface area contributed by atoms with Crippen molar-refractivity contribution in [3.8, 4) is 0 Å². The molecule has 27 heavy (non-hydrogen) atoms. The van der Waals surface area contributed by atoms with Crippen LogP contribution in [0.1, 0.15) is 61.3 Å². The van der Waals surface area contributed by atoms with E-state index < -0.39 is 0 Å². The molecule has 1 aliphatic rings. The first-order chi connectivity index (χ1) is 12.5. The zero-order chi connectivity index (χ0) is 19.1. The van der Waals surface area contributed by atoms with Gasteiger partial charge in [-0.1, -0.05) is 26.0 Å². The Labute approximate surface area is 179 Å². The largest absolute Gasteiger partial charge is 0.357 e. The highest BCUT2D eigenvalue weighted by Crippen LogP contribution is 2.22. The fourth-order valence-electron chi connectivity index (χ4n) is 2.72. The molecule has 1 aromatic rings. The summed E-state index contributed by atoms with van der Waals surface area (Å²) < 4.78 is 0. The van der Waals surface area contributed by atoms with Crippen LogP contribution in [-0.4, -0.2) is 48.3 Å². The Balaban J connectivity index is 0.00000364. The molecule has 0 aliphatic carbocycles. The van der Waals surface area contributed by atoms with Crippen LogP contribution in [0.15, 0.2) is 29.3 Å². The van der Waals surface area contributed by atoms with Gasteiger partial charge in [-0.05, 0) is 44.7 Å². The maximum atomic E-state index is 12.3. The Bertz CT molecular complexity index is 641. The predicted molar refractivity (Wildman–Crippen MR) is 120 cm³/mol. The van der Waals surface area contributed by atoms with Gasteiger partial charge >= 0.3 is 0 Å². The van der Waals surface area contributed by atoms with E-state index in [1.54, 1.807) is 24.3 Å². The van der Waals surface area contributed by atoms with E-state index in [1.165, 1.54) is 4.90 Å². The Morgan fingerprint density at radius 1 is 1.07 bits per heavy atom. The molecule has 150 valence electrons. The second-order valence-corrected chi connectivity index (χ2v) is 6.95. The van der Waals surface area contributed by atoms with Gasteiger partial charge in [-0.15, -0.1) is 24.0 Å². The number of hydrogen-bond acceptors (Lipinski definition) is 3. The summed E-state index contributed by atoms with van der Waals surface area (Å²) >= 11 is 0. The molecule has 2 N–H and O–H groups in total. The zero-order valence-corrected chi connectivity index (χ0v) is 18.9. The van der Waals surface area contributed by atoms with Gasteiger partial charge in [0.05, 0.1) is 11.1 Å². The van der Waals surface area contributed by atoms with Crippen LogP contribution in [0, 0.1) is 5.92 Å². The van der Waals surface area contributed by atoms with Crippen molar-refractivity contribution in [1.29, 1.82) is 0 Å². The third-order valence-corrected chi connectivity index (χ3v) is 4.65. The van der Waals surface area contributed by atoms with Crippen molar-refractivity contribution in [3.63, 3.8) is 0 Å². The number of unbranched alkanes of at least 4 members (excludes halogenated alkanes) is 1. The number of nitrogens with zero attached hydrogens (tertiary/aromatic N) is 2. The summed E-state index contributed by atoms with van der Waals surface area (Å²) in [6, 6.07) is 7.34. The molecule has 2 amide bonds. The van der Waals surface area contributed by atoms with E-state index >= 15 is 0 Å². The average Bonchev–Trinajstić information content (AvgIpc) is 2.86. The minimum absolute atomic E-state index is 0. The Morgan fingerprint density at radius 2 is 1.67 bits per heavy atom. The molecule has 1 heterocycles. The fourth-order valence-corrected chi connectivity index (χ4v) is 2.72. The molecular weight excluding hydrogens is 455 g/mol. The van der Waals surface area contributed by atoms with E-state index in [9.17, 15) is 9.59 Å². The summed E-state index contributed by atoms with van der Waals surface area (Å²) in [6.45, 7) is 10.4. The van der Waals surface area contributed by atoms with Crippen molar-refractivity contribution >= 4 is 41.8 Å². The summed E-state index contributed by atoms with van der Waals surface area (Å²) in [7, 11) is 0. The number of fused-ring (bicyclic) bond motifs is 1. The lowest BCUT2D eigenvalue weighted by atomic mass is 10.1. The molecule has 0 saturated carbocycles. The summed E-state index contributed by atoms with van der Waals surface area (Å²) in [5, 5.41) is 6.64. The molecule has 1 atom stereocenters. The minimum Gasteiger partial charge on any atom is -0.357 e. The van der Waals surface area contributed by atoms with Crippen molar-refractivity contribution in [2.45, 2.75) is 46.6 Å². The van der Waals surface area contributed by atoms with Gasteiger partial charge in [0.25, 0.3) is 11.8 Å². The molecule has 1 aliphatic heterocycles. The van der Waals surface area contributed by atoms with Crippen molar-refractivity contribution in [2.24, 2.45) is 10.9 Å². The first-order valence-electron chi connectivity index (χ1n) is 9.45. The lowest BCUT2D eigenvalue weighted by molar-refractivity contribution is 0.0652. The fraction of sp³-hybridized carbons (Fsp3) is 0.550. The standard InChI is InChI=1S/C20H30N4O2.HI/c1-5-21-20(23-15(4)14(2)3)22-12-8-9-13-24-18(25)16-10-6-7-11-17(16)19(24)26;/h6-7,10-11,14-15H,5,8-9,12-13H2,1-4H3,(H2,21,22,23);1H. The van der Waals surface area contributed by atoms with E-state index in [4.69, 9.17) is 0 Å². The van der Waals surface area contributed by atoms with Crippen LogP contribution in [0.4, 0.5) is 0 Å². The molecule has 0 bridgehead atoms. The summed E-state index contributed by atoms with van der Waals surface area (Å²) in [5.41, 5.74) is 1.02. The molecule has 1 unspecified atom stereocenters. The highest BCUT2D eigenvalue weighted by molar-refractivity contribution is 14.0. The highest BCUT2D eigenvalue weighted by Gasteiger charge is 2.34. The lowest BCUT2D eigenvalue weighted by Gasteiger charge is -2.20. The molecule has 0 fully saturated rings. The topological polar surface area (TPSA) is 73.8 Å². The van der Waals surface area contributed by atoms with Crippen molar-refractivity contribution in [2.75, 3.05) is 19.6 Å². The monoisotopic (exact) mass is 486 g/mol. The number of guanidine groups is 1. The number of amides is 2. The molecule has 1 aromatic carbocycles. The van der Waals surface area contributed by atoms with Crippen LogP contribution in [-0.2, 0) is 0 Å². The normalized spacial score (nSPS) is 14.9. The lowest BCUT2D eigenvalue weighted by Crippen LogP contribution is -2.44. The number of carbonyl (C=O) groups is 2. The SMILES string of the molecule is CCNC(=NCCCCN1C(=O)c2ccccc2C1=O)NC(C)C(C)C.I. The van der Waals surface area contributed by atoms with Gasteiger partial charge in [0.2, 0.25) is 0 Å². The summed E-state index contributed by atoms with van der Waals surface area (Å²) in [5.74, 6) is 0.965. The maximum absolute atomic E-state index is 12.3. The van der Waals surface area contributed by atoms with E-state index in [0.29, 0.717) is 36.2 Å². The molecule has 6 nitrogen and oxygen atoms in total. The van der Waals surface area contributed by atoms with E-state index in [2.05, 4.69) is 36.4 Å². The number of aliphatic imine (C=N–C) groups is 1. The van der Waals surface area contributed by atoms with Gasteiger partial charge in [-0.3, -0.25) is 19.5 Å². The number of rotatable bonds is 8. The van der Waals surface area contributed by atoms with Gasteiger partial charge in [0.15, 0.2) is 5.96 Å². The van der Waals surface area contributed by atoms with Crippen molar-refractivity contribution < 1.29 is 9.59 Å². The highest BCUT2D eigenvalue weighted by atomic mass is 127. The molecular formula is C20H31IN4O2. The number of benzene rings is 1. The van der Waals surface area contributed by atoms with Crippen LogP contribution >= 0.6 is 24.0 Å². The Morgan fingerprint density at radius 3 is 2.19 bits per heavy atom.